The summed E-state index contributed by atoms with van der Waals surface area (Å²) in [4.78, 5) is 29.9. The molecule has 6 heteroatoms. The van der Waals surface area contributed by atoms with Crippen LogP contribution in [0.2, 0.25) is 0 Å². The number of rotatable bonds is 3. The van der Waals surface area contributed by atoms with Crippen LogP contribution in [0.1, 0.15) is 25.7 Å². The van der Waals surface area contributed by atoms with Gasteiger partial charge >= 0.3 is 11.8 Å². The number of anilines is 1. The van der Waals surface area contributed by atoms with E-state index in [1.165, 1.54) is 19.3 Å². The number of piperidine rings is 1. The molecule has 1 atom stereocenters. The van der Waals surface area contributed by atoms with Crippen LogP contribution >= 0.6 is 11.8 Å². The van der Waals surface area contributed by atoms with Crippen molar-refractivity contribution in [1.82, 2.24) is 9.80 Å². The third kappa shape index (κ3) is 4.11. The molecule has 2 heterocycles. The van der Waals surface area contributed by atoms with E-state index in [2.05, 4.69) is 10.2 Å². The Morgan fingerprint density at radius 1 is 1.08 bits per heavy atom. The molecular weight excluding hydrogens is 322 g/mol. The predicted octanol–water partition coefficient (Wildman–Crippen LogP) is 2.43. The van der Waals surface area contributed by atoms with Crippen LogP contribution < -0.4 is 5.32 Å². The number of carbonyl (C=O) groups excluding carboxylic acids is 2. The molecule has 0 aromatic heterocycles. The van der Waals surface area contributed by atoms with Gasteiger partial charge in [-0.2, -0.15) is 0 Å². The van der Waals surface area contributed by atoms with Gasteiger partial charge in [-0.25, -0.2) is 0 Å². The molecular formula is C18H25N3O2S. The zero-order valence-electron chi connectivity index (χ0n) is 14.2. The molecule has 0 spiro atoms. The van der Waals surface area contributed by atoms with Gasteiger partial charge in [0.05, 0.1) is 0 Å². The Morgan fingerprint density at radius 2 is 1.79 bits per heavy atom. The average Bonchev–Trinajstić information content (AvgIpc) is 3.12. The van der Waals surface area contributed by atoms with E-state index in [0.717, 1.165) is 24.4 Å². The van der Waals surface area contributed by atoms with Crippen molar-refractivity contribution >= 4 is 29.3 Å². The number of carbonyl (C=O) groups is 2. The van der Waals surface area contributed by atoms with Crippen LogP contribution in [0.4, 0.5) is 5.69 Å². The van der Waals surface area contributed by atoms with Crippen LogP contribution in [0.25, 0.3) is 0 Å². The fourth-order valence-electron chi connectivity index (χ4n) is 3.51. The number of hydrogen-bond acceptors (Lipinski definition) is 4. The summed E-state index contributed by atoms with van der Waals surface area (Å²) in [5.41, 5.74) is 0.665. The van der Waals surface area contributed by atoms with Crippen molar-refractivity contribution in [3.63, 3.8) is 0 Å². The molecule has 3 rings (SSSR count). The van der Waals surface area contributed by atoms with Gasteiger partial charge in [0.15, 0.2) is 0 Å². The van der Waals surface area contributed by atoms with E-state index in [1.54, 1.807) is 16.7 Å². The molecule has 0 unspecified atom stereocenters. The predicted molar refractivity (Wildman–Crippen MR) is 97.3 cm³/mol. The highest BCUT2D eigenvalue weighted by atomic mass is 32.2. The van der Waals surface area contributed by atoms with Gasteiger partial charge in [-0.05, 0) is 62.9 Å². The van der Waals surface area contributed by atoms with Crippen LogP contribution in [0, 0.1) is 0 Å². The molecule has 2 amide bonds. The Kier molecular flexibility index (Phi) is 5.79. The third-order valence-electron chi connectivity index (χ3n) is 4.90. The van der Waals surface area contributed by atoms with Crippen molar-refractivity contribution in [2.24, 2.45) is 0 Å². The maximum absolute atomic E-state index is 12.4. The molecule has 1 N–H and O–H groups in total. The second kappa shape index (κ2) is 8.03. The second-order valence-corrected chi connectivity index (χ2v) is 7.35. The molecule has 0 saturated carbocycles. The second-order valence-electron chi connectivity index (χ2n) is 6.47. The van der Waals surface area contributed by atoms with E-state index in [0.29, 0.717) is 24.8 Å². The van der Waals surface area contributed by atoms with Gasteiger partial charge in [-0.3, -0.25) is 14.5 Å². The lowest BCUT2D eigenvalue weighted by Crippen LogP contribution is -2.43. The van der Waals surface area contributed by atoms with Crippen molar-refractivity contribution in [2.45, 2.75) is 36.6 Å². The summed E-state index contributed by atoms with van der Waals surface area (Å²) in [5, 5.41) is 2.71. The van der Waals surface area contributed by atoms with Gasteiger partial charge < -0.3 is 10.2 Å². The first kappa shape index (κ1) is 17.3. The van der Waals surface area contributed by atoms with E-state index in [9.17, 15) is 9.59 Å². The minimum absolute atomic E-state index is 0.413. The zero-order valence-corrected chi connectivity index (χ0v) is 15.0. The van der Waals surface area contributed by atoms with Crippen molar-refractivity contribution < 1.29 is 9.59 Å². The first-order valence-electron chi connectivity index (χ1n) is 8.66. The van der Waals surface area contributed by atoms with Gasteiger partial charge in [0.1, 0.15) is 0 Å². The summed E-state index contributed by atoms with van der Waals surface area (Å²) in [6.45, 7) is 3.61. The van der Waals surface area contributed by atoms with Gasteiger partial charge in [0.2, 0.25) is 0 Å². The van der Waals surface area contributed by atoms with Gasteiger partial charge in [-0.15, -0.1) is 11.8 Å². The van der Waals surface area contributed by atoms with Gasteiger partial charge in [0.25, 0.3) is 0 Å². The summed E-state index contributed by atoms with van der Waals surface area (Å²) in [7, 11) is 0. The maximum atomic E-state index is 12.4. The minimum atomic E-state index is -0.536. The number of nitrogens with zero attached hydrogens (tertiary/aromatic N) is 2. The van der Waals surface area contributed by atoms with Crippen LogP contribution in [-0.4, -0.2) is 60.1 Å². The Balaban J connectivity index is 1.52. The van der Waals surface area contributed by atoms with Crippen LogP contribution in [0.3, 0.4) is 0 Å². The summed E-state index contributed by atoms with van der Waals surface area (Å²) in [6, 6.07) is 7.96. The van der Waals surface area contributed by atoms with Crippen LogP contribution in [0.15, 0.2) is 29.2 Å². The monoisotopic (exact) mass is 347 g/mol. The Bertz CT molecular complexity index is 584. The molecule has 0 radical (unpaired) electrons. The molecule has 24 heavy (non-hydrogen) atoms. The molecule has 2 aliphatic heterocycles. The molecule has 1 aromatic rings. The van der Waals surface area contributed by atoms with Crippen molar-refractivity contribution in [3.05, 3.63) is 24.3 Å². The number of likely N-dealkylation sites (tertiary alicyclic amines) is 2. The van der Waals surface area contributed by atoms with Gasteiger partial charge in [-0.1, -0.05) is 6.42 Å². The Labute approximate surface area is 147 Å². The van der Waals surface area contributed by atoms with E-state index in [1.807, 2.05) is 30.5 Å². The quantitative estimate of drug-likeness (QED) is 0.674. The highest BCUT2D eigenvalue weighted by Crippen LogP contribution is 2.21. The molecule has 130 valence electrons. The van der Waals surface area contributed by atoms with E-state index in [-0.39, 0.29) is 0 Å². The fourth-order valence-corrected chi connectivity index (χ4v) is 3.92. The Morgan fingerprint density at radius 3 is 2.46 bits per heavy atom. The summed E-state index contributed by atoms with van der Waals surface area (Å²) < 4.78 is 0. The zero-order chi connectivity index (χ0) is 16.9. The highest BCUT2D eigenvalue weighted by molar-refractivity contribution is 7.98. The topological polar surface area (TPSA) is 52.7 Å². The van der Waals surface area contributed by atoms with Crippen molar-refractivity contribution in [3.8, 4) is 0 Å². The first-order chi connectivity index (χ1) is 11.7. The lowest BCUT2D eigenvalue weighted by Gasteiger charge is -2.32. The maximum Gasteiger partial charge on any atom is 0.313 e. The molecule has 2 aliphatic rings. The molecule has 1 aromatic carbocycles. The van der Waals surface area contributed by atoms with E-state index < -0.39 is 11.8 Å². The average molecular weight is 347 g/mol. The number of amides is 2. The fraction of sp³-hybridized carbons (Fsp3) is 0.556. The van der Waals surface area contributed by atoms with E-state index in [4.69, 9.17) is 0 Å². The summed E-state index contributed by atoms with van der Waals surface area (Å²) in [6.07, 6.45) is 6.78. The standard InChI is InChI=1S/C18H25N3O2S/c1-24-16-7-5-14(6-8-16)19-17(22)18(23)21-12-9-15(13-21)20-10-3-2-4-11-20/h5-8,15H,2-4,9-13H2,1H3,(H,19,22)/t15-/m0/s1. The number of benzene rings is 1. The third-order valence-corrected chi connectivity index (χ3v) is 5.64. The number of thioether (sulfide) groups is 1. The highest BCUT2D eigenvalue weighted by Gasteiger charge is 2.33. The van der Waals surface area contributed by atoms with Crippen LogP contribution in [0.5, 0.6) is 0 Å². The Hall–Kier alpha value is -1.53. The minimum Gasteiger partial charge on any atom is -0.333 e. The molecule has 2 saturated heterocycles. The summed E-state index contributed by atoms with van der Waals surface area (Å²) >= 11 is 1.64. The summed E-state index contributed by atoms with van der Waals surface area (Å²) in [5.74, 6) is -0.949. The number of hydrogen-bond donors (Lipinski definition) is 1. The molecule has 0 aliphatic carbocycles. The molecule has 0 bridgehead atoms. The van der Waals surface area contributed by atoms with Crippen LogP contribution in [-0.2, 0) is 9.59 Å². The smallest absolute Gasteiger partial charge is 0.313 e. The first-order valence-corrected chi connectivity index (χ1v) is 9.88. The van der Waals surface area contributed by atoms with Crippen molar-refractivity contribution in [1.29, 1.82) is 0 Å². The largest absolute Gasteiger partial charge is 0.333 e. The molecule has 5 nitrogen and oxygen atoms in total. The van der Waals surface area contributed by atoms with Crippen molar-refractivity contribution in [2.75, 3.05) is 37.8 Å². The van der Waals surface area contributed by atoms with E-state index >= 15 is 0 Å². The van der Waals surface area contributed by atoms with Gasteiger partial charge in [0, 0.05) is 29.7 Å². The lowest BCUT2D eigenvalue weighted by molar-refractivity contribution is -0.142. The normalized spacial score (nSPS) is 21.7. The number of nitrogens with one attached hydrogen (secondary N) is 1. The molecule has 2 fully saturated rings. The SMILES string of the molecule is CSc1ccc(NC(=O)C(=O)N2CC[C@H](N3CCCCC3)C2)cc1. The lowest BCUT2D eigenvalue weighted by atomic mass is 10.1.